The lowest BCUT2D eigenvalue weighted by molar-refractivity contribution is 0.208. The van der Waals surface area contributed by atoms with E-state index < -0.39 is 0 Å². The van der Waals surface area contributed by atoms with Crippen molar-refractivity contribution in [2.45, 2.75) is 45.1 Å². The van der Waals surface area contributed by atoms with Crippen molar-refractivity contribution in [3.8, 4) is 0 Å². The molecule has 2 nitrogen and oxygen atoms in total. The number of hydrogen-bond acceptors (Lipinski definition) is 2. The van der Waals surface area contributed by atoms with Gasteiger partial charge in [0, 0.05) is 23.9 Å². The van der Waals surface area contributed by atoms with E-state index in [1.165, 1.54) is 25.0 Å². The fourth-order valence-electron chi connectivity index (χ4n) is 2.62. The third-order valence-corrected chi connectivity index (χ3v) is 3.79. The van der Waals surface area contributed by atoms with Gasteiger partial charge in [-0.2, -0.15) is 0 Å². The van der Waals surface area contributed by atoms with Crippen LogP contribution in [0.15, 0.2) is 24.4 Å². The van der Waals surface area contributed by atoms with Gasteiger partial charge in [-0.05, 0) is 37.4 Å². The molecule has 2 unspecified atom stereocenters. The van der Waals surface area contributed by atoms with Crippen LogP contribution in [0, 0.1) is 5.92 Å². The normalized spacial score (nSPS) is 20.1. The van der Waals surface area contributed by atoms with E-state index in [4.69, 9.17) is 0 Å². The van der Waals surface area contributed by atoms with Crippen molar-refractivity contribution in [3.05, 3.63) is 30.1 Å². The van der Waals surface area contributed by atoms with Crippen LogP contribution in [0.2, 0.25) is 0 Å². The largest absolute Gasteiger partial charge is 0.313 e. The zero-order chi connectivity index (χ0) is 11.4. The number of pyridine rings is 1. The Morgan fingerprint density at radius 1 is 1.44 bits per heavy atom. The Hall–Kier alpha value is -0.890. The van der Waals surface area contributed by atoms with E-state index >= 15 is 0 Å². The van der Waals surface area contributed by atoms with Crippen molar-refractivity contribution in [2.24, 2.45) is 5.92 Å². The maximum absolute atomic E-state index is 4.48. The van der Waals surface area contributed by atoms with Gasteiger partial charge in [-0.1, -0.05) is 26.3 Å². The summed E-state index contributed by atoms with van der Waals surface area (Å²) >= 11 is 0. The second-order valence-corrected chi connectivity index (χ2v) is 4.82. The van der Waals surface area contributed by atoms with Gasteiger partial charge in [0.1, 0.15) is 0 Å². The third kappa shape index (κ3) is 2.43. The van der Waals surface area contributed by atoms with Crippen LogP contribution in [0.25, 0.3) is 0 Å². The van der Waals surface area contributed by atoms with Crippen LogP contribution >= 0.6 is 0 Å². The molecule has 1 fully saturated rings. The van der Waals surface area contributed by atoms with Crippen LogP contribution in [0.5, 0.6) is 0 Å². The Labute approximate surface area is 98.5 Å². The predicted molar refractivity (Wildman–Crippen MR) is 67.5 cm³/mol. The lowest BCUT2D eigenvalue weighted by Gasteiger charge is -2.37. The van der Waals surface area contributed by atoms with Gasteiger partial charge in [0.15, 0.2) is 0 Å². The first kappa shape index (κ1) is 11.6. The van der Waals surface area contributed by atoms with E-state index in [0.29, 0.717) is 12.0 Å². The van der Waals surface area contributed by atoms with Crippen LogP contribution in [0.1, 0.15) is 44.7 Å². The molecular weight excluding hydrogens is 196 g/mol. The maximum Gasteiger partial charge on any atom is 0.0447 e. The molecule has 0 saturated heterocycles. The van der Waals surface area contributed by atoms with E-state index in [1.54, 1.807) is 0 Å². The first-order valence-electron chi connectivity index (χ1n) is 6.47. The number of nitrogens with zero attached hydrogens (tertiary/aromatic N) is 1. The summed E-state index contributed by atoms with van der Waals surface area (Å²) in [5.74, 6) is 1.38. The molecule has 16 heavy (non-hydrogen) atoms. The molecule has 2 heteroatoms. The Kier molecular flexibility index (Phi) is 3.94. The lowest BCUT2D eigenvalue weighted by Crippen LogP contribution is -2.43. The van der Waals surface area contributed by atoms with Gasteiger partial charge in [-0.15, -0.1) is 0 Å². The summed E-state index contributed by atoms with van der Waals surface area (Å²) in [7, 11) is 0. The summed E-state index contributed by atoms with van der Waals surface area (Å²) in [4.78, 5) is 4.48. The van der Waals surface area contributed by atoms with Crippen LogP contribution in [0.4, 0.5) is 0 Å². The van der Waals surface area contributed by atoms with Gasteiger partial charge in [0.25, 0.3) is 0 Å². The molecule has 1 aromatic rings. The minimum atomic E-state index is 0.520. The minimum Gasteiger partial charge on any atom is -0.313 e. The average Bonchev–Trinajstić information content (AvgIpc) is 2.26. The molecule has 0 aliphatic heterocycles. The molecule has 1 aromatic heterocycles. The lowest BCUT2D eigenvalue weighted by atomic mass is 9.74. The first-order valence-corrected chi connectivity index (χ1v) is 6.47. The summed E-state index contributed by atoms with van der Waals surface area (Å²) in [6.07, 6.45) is 6.07. The summed E-state index contributed by atoms with van der Waals surface area (Å²) in [5.41, 5.74) is 1.22. The molecule has 1 heterocycles. The van der Waals surface area contributed by atoms with Crippen LogP contribution in [0.3, 0.4) is 0 Å². The number of nitrogens with one attached hydrogen (secondary N) is 1. The Morgan fingerprint density at radius 3 is 2.75 bits per heavy atom. The molecule has 2 atom stereocenters. The van der Waals surface area contributed by atoms with Gasteiger partial charge in [-0.3, -0.25) is 4.98 Å². The summed E-state index contributed by atoms with van der Waals surface area (Å²) in [6.45, 7) is 5.54. The van der Waals surface area contributed by atoms with E-state index in [2.05, 4.69) is 36.3 Å². The Morgan fingerprint density at radius 2 is 2.25 bits per heavy atom. The smallest absolute Gasteiger partial charge is 0.0447 e. The van der Waals surface area contributed by atoms with Crippen molar-refractivity contribution in [3.63, 3.8) is 0 Å². The van der Waals surface area contributed by atoms with E-state index in [-0.39, 0.29) is 0 Å². The second kappa shape index (κ2) is 5.44. The molecule has 0 radical (unpaired) electrons. The fourth-order valence-corrected chi connectivity index (χ4v) is 2.62. The summed E-state index contributed by atoms with van der Waals surface area (Å²) in [6, 6.07) is 6.83. The van der Waals surface area contributed by atoms with E-state index in [9.17, 15) is 0 Å². The number of rotatable bonds is 5. The van der Waals surface area contributed by atoms with Crippen molar-refractivity contribution >= 4 is 0 Å². The fraction of sp³-hybridized carbons (Fsp3) is 0.643. The highest BCUT2D eigenvalue weighted by Crippen LogP contribution is 2.35. The molecule has 88 valence electrons. The number of likely N-dealkylation sites (N-methyl/N-ethyl adjacent to an activating group) is 1. The van der Waals surface area contributed by atoms with Gasteiger partial charge in [-0.25, -0.2) is 0 Å². The molecule has 2 rings (SSSR count). The zero-order valence-corrected chi connectivity index (χ0v) is 10.3. The first-order chi connectivity index (χ1) is 7.83. The molecule has 1 aliphatic rings. The van der Waals surface area contributed by atoms with Gasteiger partial charge in [0.05, 0.1) is 0 Å². The monoisotopic (exact) mass is 218 g/mol. The van der Waals surface area contributed by atoms with Gasteiger partial charge < -0.3 is 5.32 Å². The number of hydrogen-bond donors (Lipinski definition) is 1. The van der Waals surface area contributed by atoms with E-state index in [1.807, 2.05) is 12.3 Å². The minimum absolute atomic E-state index is 0.520. The molecular formula is C14H22N2. The van der Waals surface area contributed by atoms with Crippen molar-refractivity contribution in [1.29, 1.82) is 0 Å². The average molecular weight is 218 g/mol. The molecule has 1 N–H and O–H groups in total. The molecule has 0 amide bonds. The quantitative estimate of drug-likeness (QED) is 0.822. The highest BCUT2D eigenvalue weighted by Gasteiger charge is 2.31. The van der Waals surface area contributed by atoms with E-state index in [0.717, 1.165) is 12.5 Å². The van der Waals surface area contributed by atoms with Gasteiger partial charge >= 0.3 is 0 Å². The van der Waals surface area contributed by atoms with Gasteiger partial charge in [0.2, 0.25) is 0 Å². The Bertz CT molecular complexity index is 306. The maximum atomic E-state index is 4.48. The van der Waals surface area contributed by atoms with Crippen molar-refractivity contribution < 1.29 is 0 Å². The highest BCUT2D eigenvalue weighted by atomic mass is 14.9. The predicted octanol–water partition coefficient (Wildman–Crippen LogP) is 2.96. The zero-order valence-electron chi connectivity index (χ0n) is 10.3. The molecule has 1 aliphatic carbocycles. The Balaban J connectivity index is 2.07. The van der Waals surface area contributed by atoms with Crippen LogP contribution < -0.4 is 5.32 Å². The topological polar surface area (TPSA) is 24.9 Å². The molecule has 0 aromatic carbocycles. The standard InChI is InChI=1S/C14H22N2/c1-3-15-14(12-7-6-8-12)11(2)13-9-4-5-10-16-13/h4-5,9-12,14-15H,3,6-8H2,1-2H3. The molecule has 0 bridgehead atoms. The summed E-state index contributed by atoms with van der Waals surface area (Å²) in [5, 5.41) is 3.64. The van der Waals surface area contributed by atoms with Crippen LogP contribution in [-0.2, 0) is 0 Å². The number of aromatic nitrogens is 1. The highest BCUT2D eigenvalue weighted by molar-refractivity contribution is 5.12. The molecule has 0 spiro atoms. The van der Waals surface area contributed by atoms with Crippen LogP contribution in [-0.4, -0.2) is 17.6 Å². The summed E-state index contributed by atoms with van der Waals surface area (Å²) < 4.78 is 0. The SMILES string of the molecule is CCNC(C1CCC1)C(C)c1ccccn1. The van der Waals surface area contributed by atoms with Crippen molar-refractivity contribution in [2.75, 3.05) is 6.54 Å². The molecule has 1 saturated carbocycles. The van der Waals surface area contributed by atoms with Crippen molar-refractivity contribution in [1.82, 2.24) is 10.3 Å². The second-order valence-electron chi connectivity index (χ2n) is 4.82. The third-order valence-electron chi connectivity index (χ3n) is 3.79.